The predicted octanol–water partition coefficient (Wildman–Crippen LogP) is 2.30. The van der Waals surface area contributed by atoms with Crippen molar-refractivity contribution in [2.75, 3.05) is 24.6 Å². The van der Waals surface area contributed by atoms with Crippen molar-refractivity contribution < 1.29 is 14.3 Å². The second-order valence-electron chi connectivity index (χ2n) is 5.07. The summed E-state index contributed by atoms with van der Waals surface area (Å²) in [5.41, 5.74) is -0.429. The molecule has 1 heterocycles. The fourth-order valence-corrected chi connectivity index (χ4v) is 2.58. The summed E-state index contributed by atoms with van der Waals surface area (Å²) in [5, 5.41) is 0. The fraction of sp³-hybridized carbons (Fsp3) is 0.909. The number of rotatable bonds is 2. The second kappa shape index (κ2) is 5.53. The zero-order valence-corrected chi connectivity index (χ0v) is 12.5. The largest absolute Gasteiger partial charge is 0.444 e. The number of methoxy groups -OCH3 is 1. The number of ether oxygens (including phenoxy) is 2. The number of halogens is 1. The van der Waals surface area contributed by atoms with Crippen LogP contribution >= 0.6 is 22.6 Å². The maximum atomic E-state index is 11.8. The van der Waals surface area contributed by atoms with E-state index in [2.05, 4.69) is 22.6 Å². The maximum absolute atomic E-state index is 11.8. The van der Waals surface area contributed by atoms with Crippen LogP contribution in [0.4, 0.5) is 4.79 Å². The Kier molecular flexibility index (Phi) is 4.85. The lowest BCUT2D eigenvalue weighted by atomic mass is 10.1. The summed E-state index contributed by atoms with van der Waals surface area (Å²) in [6.07, 6.45) is -0.0914. The average Bonchev–Trinajstić information content (AvgIpc) is 2.57. The third kappa shape index (κ3) is 3.76. The van der Waals surface area contributed by atoms with E-state index in [1.165, 1.54) is 0 Å². The predicted molar refractivity (Wildman–Crippen MR) is 71.0 cm³/mol. The van der Waals surface area contributed by atoms with E-state index in [0.29, 0.717) is 12.5 Å². The molecule has 0 N–H and O–H groups in total. The molecule has 0 aliphatic carbocycles. The molecule has 94 valence electrons. The topological polar surface area (TPSA) is 38.8 Å². The molecule has 0 aromatic heterocycles. The van der Waals surface area contributed by atoms with Gasteiger partial charge in [-0.2, -0.15) is 0 Å². The number of amides is 1. The number of likely N-dealkylation sites (tertiary alicyclic amines) is 1. The zero-order valence-electron chi connectivity index (χ0n) is 10.3. The van der Waals surface area contributed by atoms with Gasteiger partial charge in [0.15, 0.2) is 0 Å². The quantitative estimate of drug-likeness (QED) is 0.572. The van der Waals surface area contributed by atoms with E-state index in [1.54, 1.807) is 12.0 Å². The van der Waals surface area contributed by atoms with Crippen LogP contribution in [0.1, 0.15) is 20.8 Å². The molecular formula is C11H20INO3. The summed E-state index contributed by atoms with van der Waals surface area (Å²) in [6, 6.07) is 0. The van der Waals surface area contributed by atoms with Gasteiger partial charge in [-0.3, -0.25) is 0 Å². The molecule has 1 aliphatic rings. The highest BCUT2D eigenvalue weighted by Crippen LogP contribution is 2.23. The SMILES string of the molecule is CO[C@@H]1CN(C(=O)OC(C)(C)C)C[C@H]1CI. The van der Waals surface area contributed by atoms with Crippen molar-refractivity contribution >= 4 is 28.7 Å². The van der Waals surface area contributed by atoms with Crippen LogP contribution in [-0.2, 0) is 9.47 Å². The first kappa shape index (κ1) is 14.0. The summed E-state index contributed by atoms with van der Waals surface area (Å²) < 4.78 is 11.7. The molecule has 0 spiro atoms. The van der Waals surface area contributed by atoms with Gasteiger partial charge >= 0.3 is 6.09 Å². The number of hydrogen-bond acceptors (Lipinski definition) is 3. The molecule has 0 aromatic carbocycles. The number of carbonyl (C=O) groups excluding carboxylic acids is 1. The first-order chi connectivity index (χ1) is 7.37. The van der Waals surface area contributed by atoms with Gasteiger partial charge in [0.2, 0.25) is 0 Å². The van der Waals surface area contributed by atoms with Crippen LogP contribution in [0.3, 0.4) is 0 Å². The standard InChI is InChI=1S/C11H20INO3/c1-11(2,3)16-10(14)13-6-8(5-12)9(7-13)15-4/h8-9H,5-7H2,1-4H3/t8-,9-/m1/s1. The Morgan fingerprint density at radius 1 is 1.44 bits per heavy atom. The number of carbonyl (C=O) groups is 1. The van der Waals surface area contributed by atoms with Gasteiger partial charge < -0.3 is 14.4 Å². The zero-order chi connectivity index (χ0) is 12.3. The summed E-state index contributed by atoms with van der Waals surface area (Å²) in [4.78, 5) is 13.6. The Labute approximate surface area is 111 Å². The van der Waals surface area contributed by atoms with Gasteiger partial charge in [-0.1, -0.05) is 22.6 Å². The van der Waals surface area contributed by atoms with E-state index < -0.39 is 5.60 Å². The number of alkyl halides is 1. The van der Waals surface area contributed by atoms with Crippen LogP contribution in [-0.4, -0.2) is 47.3 Å². The van der Waals surface area contributed by atoms with Crippen LogP contribution < -0.4 is 0 Å². The Hall–Kier alpha value is -0.0400. The van der Waals surface area contributed by atoms with E-state index in [1.807, 2.05) is 20.8 Å². The monoisotopic (exact) mass is 341 g/mol. The lowest BCUT2D eigenvalue weighted by Gasteiger charge is -2.24. The molecule has 1 aliphatic heterocycles. The van der Waals surface area contributed by atoms with E-state index in [-0.39, 0.29) is 12.2 Å². The third-order valence-corrected chi connectivity index (χ3v) is 3.66. The van der Waals surface area contributed by atoms with Crippen LogP contribution in [0.25, 0.3) is 0 Å². The molecule has 5 heteroatoms. The molecule has 0 aromatic rings. The highest BCUT2D eigenvalue weighted by atomic mass is 127. The maximum Gasteiger partial charge on any atom is 0.410 e. The van der Waals surface area contributed by atoms with E-state index >= 15 is 0 Å². The minimum Gasteiger partial charge on any atom is -0.444 e. The molecule has 16 heavy (non-hydrogen) atoms. The normalized spacial score (nSPS) is 25.9. The number of hydrogen-bond donors (Lipinski definition) is 0. The fourth-order valence-electron chi connectivity index (χ4n) is 1.73. The molecule has 1 fully saturated rings. The summed E-state index contributed by atoms with van der Waals surface area (Å²) in [6.45, 7) is 7.01. The third-order valence-electron chi connectivity index (χ3n) is 2.53. The minimum absolute atomic E-state index is 0.143. The van der Waals surface area contributed by atoms with Crippen LogP contribution in [0, 0.1) is 5.92 Å². The molecule has 1 rings (SSSR count). The van der Waals surface area contributed by atoms with Crippen LogP contribution in [0.15, 0.2) is 0 Å². The Morgan fingerprint density at radius 2 is 2.06 bits per heavy atom. The summed E-state index contributed by atoms with van der Waals surface area (Å²) in [5.74, 6) is 0.415. The summed E-state index contributed by atoms with van der Waals surface area (Å²) >= 11 is 2.33. The average molecular weight is 341 g/mol. The van der Waals surface area contributed by atoms with E-state index in [0.717, 1.165) is 11.0 Å². The van der Waals surface area contributed by atoms with Gasteiger partial charge in [0, 0.05) is 24.0 Å². The highest BCUT2D eigenvalue weighted by Gasteiger charge is 2.36. The van der Waals surface area contributed by atoms with E-state index in [4.69, 9.17) is 9.47 Å². The molecule has 1 saturated heterocycles. The minimum atomic E-state index is -0.429. The van der Waals surface area contributed by atoms with Gasteiger partial charge in [0.25, 0.3) is 0 Å². The molecule has 0 bridgehead atoms. The van der Waals surface area contributed by atoms with Crippen LogP contribution in [0.2, 0.25) is 0 Å². The van der Waals surface area contributed by atoms with Gasteiger partial charge in [0.05, 0.1) is 12.6 Å². The lowest BCUT2D eigenvalue weighted by molar-refractivity contribution is 0.0252. The molecule has 2 atom stereocenters. The first-order valence-corrected chi connectivity index (χ1v) is 6.96. The first-order valence-electron chi connectivity index (χ1n) is 5.44. The second-order valence-corrected chi connectivity index (χ2v) is 5.95. The van der Waals surface area contributed by atoms with Gasteiger partial charge in [-0.05, 0) is 20.8 Å². The Morgan fingerprint density at radius 3 is 2.44 bits per heavy atom. The lowest BCUT2D eigenvalue weighted by Crippen LogP contribution is -2.36. The molecule has 0 radical (unpaired) electrons. The molecule has 0 unspecified atom stereocenters. The van der Waals surface area contributed by atoms with E-state index in [9.17, 15) is 4.79 Å². The smallest absolute Gasteiger partial charge is 0.410 e. The van der Waals surface area contributed by atoms with Crippen molar-refractivity contribution in [3.05, 3.63) is 0 Å². The highest BCUT2D eigenvalue weighted by molar-refractivity contribution is 14.1. The van der Waals surface area contributed by atoms with Crippen molar-refractivity contribution in [1.82, 2.24) is 4.90 Å². The molecule has 1 amide bonds. The van der Waals surface area contributed by atoms with Gasteiger partial charge in [-0.25, -0.2) is 4.79 Å². The van der Waals surface area contributed by atoms with Crippen LogP contribution in [0.5, 0.6) is 0 Å². The van der Waals surface area contributed by atoms with Crippen molar-refractivity contribution in [2.24, 2.45) is 5.92 Å². The van der Waals surface area contributed by atoms with Gasteiger partial charge in [0.1, 0.15) is 5.60 Å². The molecule has 0 saturated carbocycles. The molecular weight excluding hydrogens is 321 g/mol. The van der Waals surface area contributed by atoms with Crippen molar-refractivity contribution in [3.8, 4) is 0 Å². The van der Waals surface area contributed by atoms with Gasteiger partial charge in [-0.15, -0.1) is 0 Å². The number of nitrogens with zero attached hydrogens (tertiary/aromatic N) is 1. The Bertz CT molecular complexity index is 240. The van der Waals surface area contributed by atoms with Crippen molar-refractivity contribution in [1.29, 1.82) is 0 Å². The molecule has 4 nitrogen and oxygen atoms in total. The Balaban J connectivity index is 2.54. The summed E-state index contributed by atoms with van der Waals surface area (Å²) in [7, 11) is 1.70. The van der Waals surface area contributed by atoms with Crippen molar-refractivity contribution in [3.63, 3.8) is 0 Å². The van der Waals surface area contributed by atoms with Crippen molar-refractivity contribution in [2.45, 2.75) is 32.5 Å².